The number of ether oxygens (including phenoxy) is 3. The van der Waals surface area contributed by atoms with Crippen LogP contribution >= 0.6 is 0 Å². The number of rotatable bonds is 10. The summed E-state index contributed by atoms with van der Waals surface area (Å²) in [4.78, 5) is 8.99. The van der Waals surface area contributed by atoms with Crippen LogP contribution < -0.4 is 14.8 Å². The van der Waals surface area contributed by atoms with Crippen LogP contribution in [0.25, 0.3) is 10.9 Å². The Kier molecular flexibility index (Phi) is 7.87. The number of benzene rings is 2. The van der Waals surface area contributed by atoms with Crippen LogP contribution in [0.3, 0.4) is 0 Å². The van der Waals surface area contributed by atoms with Crippen molar-refractivity contribution in [1.82, 2.24) is 9.97 Å². The van der Waals surface area contributed by atoms with E-state index in [0.29, 0.717) is 57.5 Å². The molecule has 1 heterocycles. The van der Waals surface area contributed by atoms with Gasteiger partial charge >= 0.3 is 5.92 Å². The Hall–Kier alpha value is -2.89. The van der Waals surface area contributed by atoms with Crippen molar-refractivity contribution < 1.29 is 32.5 Å². The van der Waals surface area contributed by atoms with E-state index in [1.165, 1.54) is 19.2 Å². The van der Waals surface area contributed by atoms with Crippen molar-refractivity contribution in [3.8, 4) is 11.5 Å². The summed E-state index contributed by atoms with van der Waals surface area (Å²) >= 11 is 0. The second-order valence-electron chi connectivity index (χ2n) is 9.53. The van der Waals surface area contributed by atoms with Crippen molar-refractivity contribution in [3.05, 3.63) is 53.1 Å². The zero-order valence-electron chi connectivity index (χ0n) is 21.5. The van der Waals surface area contributed by atoms with E-state index in [1.807, 2.05) is 0 Å². The number of aryl methyl sites for hydroxylation is 1. The van der Waals surface area contributed by atoms with E-state index in [9.17, 15) is 13.9 Å². The molecule has 0 radical (unpaired) electrons. The molecule has 3 aromatic rings. The van der Waals surface area contributed by atoms with E-state index in [0.717, 1.165) is 19.9 Å². The van der Waals surface area contributed by atoms with Crippen molar-refractivity contribution in [3.63, 3.8) is 0 Å². The zero-order chi connectivity index (χ0) is 26.9. The van der Waals surface area contributed by atoms with Crippen LogP contribution in [-0.2, 0) is 15.8 Å². The summed E-state index contributed by atoms with van der Waals surface area (Å²) in [6, 6.07) is 7.25. The molecule has 3 rings (SSSR count). The Morgan fingerprint density at radius 3 is 2.31 bits per heavy atom. The van der Waals surface area contributed by atoms with Gasteiger partial charge in [0.25, 0.3) is 0 Å². The van der Waals surface area contributed by atoms with Crippen molar-refractivity contribution in [2.24, 2.45) is 0 Å². The minimum atomic E-state index is -3.80. The maximum absolute atomic E-state index is 15.5. The first-order valence-electron chi connectivity index (χ1n) is 11.4. The second-order valence-corrected chi connectivity index (χ2v) is 11.5. The van der Waals surface area contributed by atoms with E-state index < -0.39 is 28.1 Å². The third-order valence-electron chi connectivity index (χ3n) is 5.85. The van der Waals surface area contributed by atoms with E-state index in [1.54, 1.807) is 33.1 Å². The lowest BCUT2D eigenvalue weighted by molar-refractivity contribution is -0.170. The Morgan fingerprint density at radius 1 is 1.03 bits per heavy atom. The maximum atomic E-state index is 15.5. The average molecular weight is 524 g/mol. The number of alkyl halides is 2. The van der Waals surface area contributed by atoms with Gasteiger partial charge in [-0.1, -0.05) is 12.1 Å². The summed E-state index contributed by atoms with van der Waals surface area (Å²) in [6.45, 7) is 6.00. The third-order valence-corrected chi connectivity index (χ3v) is 6.64. The van der Waals surface area contributed by atoms with E-state index >= 15 is 4.39 Å². The molecule has 0 aliphatic rings. The number of aromatic nitrogens is 2. The van der Waals surface area contributed by atoms with Crippen molar-refractivity contribution in [2.75, 3.05) is 32.8 Å². The van der Waals surface area contributed by atoms with E-state index in [4.69, 9.17) is 14.2 Å². The number of halogens is 3. The summed E-state index contributed by atoms with van der Waals surface area (Å²) in [5.41, 5.74) is -2.69. The third kappa shape index (κ3) is 5.42. The van der Waals surface area contributed by atoms with Crippen LogP contribution in [-0.4, -0.2) is 58.4 Å². The first kappa shape index (κ1) is 27.7. The van der Waals surface area contributed by atoms with Crippen LogP contribution in [0.2, 0.25) is 0 Å². The monoisotopic (exact) mass is 523 g/mol. The highest BCUT2D eigenvalue weighted by molar-refractivity contribution is 6.17. The number of methoxy groups -OCH3 is 2. The maximum Gasteiger partial charge on any atom is 0.303 e. The number of hydrogen-bond acceptors (Lipinski definition) is 7. The molecule has 1 aromatic heterocycles. The summed E-state index contributed by atoms with van der Waals surface area (Å²) in [5, 5.41) is 12.8. The number of fused-ring (bicyclic) bond motifs is 1. The summed E-state index contributed by atoms with van der Waals surface area (Å²) in [5.74, 6) is -3.09. The molecular formula is C25H32F3N3O4Si. The lowest BCUT2D eigenvalue weighted by Crippen LogP contribution is -2.42. The molecule has 7 nitrogen and oxygen atoms in total. The van der Waals surface area contributed by atoms with Gasteiger partial charge in [0.1, 0.15) is 29.7 Å². The Bertz CT molecular complexity index is 1250. The van der Waals surface area contributed by atoms with Gasteiger partial charge in [-0.05, 0) is 39.8 Å². The lowest BCUT2D eigenvalue weighted by Gasteiger charge is -2.33. The summed E-state index contributed by atoms with van der Waals surface area (Å²) in [7, 11) is 3.41. The number of anilines is 1. The Labute approximate surface area is 211 Å². The fraction of sp³-hybridized carbons (Fsp3) is 0.440. The molecule has 0 bridgehead atoms. The molecule has 11 heteroatoms. The molecule has 2 N–H and O–H groups in total. The normalized spacial score (nSPS) is 14.1. The van der Waals surface area contributed by atoms with Crippen LogP contribution in [0.15, 0.2) is 30.3 Å². The zero-order valence-corrected chi connectivity index (χ0v) is 23.5. The lowest BCUT2D eigenvalue weighted by atomic mass is 9.90. The number of aliphatic hydroxyl groups is 1. The standard InChI is InChI=1S/C25H32F3N3O4Si/c1-14-29-18-13-19(34-6)20(35-11-10-33-5)12-15(18)22(30-14)31-24(4,36)16-8-7-9-17(21(16)26)25(27,28)23(2,3)32/h7-9,12-13,32H,10-11H2,1-6,36H3,(H,29,30,31). The molecule has 0 fully saturated rings. The van der Waals surface area contributed by atoms with Gasteiger partial charge in [0, 0.05) is 39.5 Å². The van der Waals surface area contributed by atoms with Gasteiger partial charge in [-0.25, -0.2) is 14.4 Å². The van der Waals surface area contributed by atoms with Crippen LogP contribution in [0.4, 0.5) is 19.0 Å². The highest BCUT2D eigenvalue weighted by Gasteiger charge is 2.49. The first-order valence-corrected chi connectivity index (χ1v) is 12.4. The molecule has 36 heavy (non-hydrogen) atoms. The van der Waals surface area contributed by atoms with E-state index in [2.05, 4.69) is 15.3 Å². The minimum Gasteiger partial charge on any atom is -0.493 e. The predicted octanol–water partition coefficient (Wildman–Crippen LogP) is 3.62. The average Bonchev–Trinajstić information content (AvgIpc) is 2.77. The molecule has 0 amide bonds. The predicted molar refractivity (Wildman–Crippen MR) is 136 cm³/mol. The van der Waals surface area contributed by atoms with Gasteiger partial charge in [0.05, 0.1) is 24.8 Å². The van der Waals surface area contributed by atoms with Gasteiger partial charge in [0.2, 0.25) is 0 Å². The summed E-state index contributed by atoms with van der Waals surface area (Å²) in [6.07, 6.45) is 0. The van der Waals surface area contributed by atoms with Gasteiger partial charge < -0.3 is 24.6 Å². The number of hydrogen-bond donors (Lipinski definition) is 2. The van der Waals surface area contributed by atoms with Gasteiger partial charge in [0.15, 0.2) is 11.5 Å². The summed E-state index contributed by atoms with van der Waals surface area (Å²) < 4.78 is 61.5. The smallest absolute Gasteiger partial charge is 0.303 e. The van der Waals surface area contributed by atoms with E-state index in [-0.39, 0.29) is 5.56 Å². The van der Waals surface area contributed by atoms with Gasteiger partial charge in [-0.15, -0.1) is 0 Å². The van der Waals surface area contributed by atoms with Crippen molar-refractivity contribution >= 4 is 27.0 Å². The number of nitrogens with zero attached hydrogens (tertiary/aromatic N) is 2. The topological polar surface area (TPSA) is 85.7 Å². The minimum absolute atomic E-state index is 0.0464. The SMILES string of the molecule is COCCOc1cc2c(NC(C)([SiH3])c3cccc(C(F)(F)C(C)(C)O)c3F)nc(C)nc2cc1OC. The van der Waals surface area contributed by atoms with Crippen LogP contribution in [0.5, 0.6) is 11.5 Å². The molecule has 0 saturated heterocycles. The largest absolute Gasteiger partial charge is 0.493 e. The molecule has 0 aliphatic carbocycles. The Morgan fingerprint density at radius 2 is 1.69 bits per heavy atom. The molecule has 0 aliphatic heterocycles. The highest BCUT2D eigenvalue weighted by atomic mass is 28.1. The van der Waals surface area contributed by atoms with Crippen LogP contribution in [0.1, 0.15) is 37.7 Å². The van der Waals surface area contributed by atoms with Crippen LogP contribution in [0, 0.1) is 12.7 Å². The molecule has 0 spiro atoms. The number of nitrogens with one attached hydrogen (secondary N) is 1. The Balaban J connectivity index is 2.10. The molecule has 196 valence electrons. The van der Waals surface area contributed by atoms with Gasteiger partial charge in [-0.3, -0.25) is 0 Å². The first-order chi connectivity index (χ1) is 16.7. The molecule has 0 saturated carbocycles. The quantitative estimate of drug-likeness (QED) is 0.310. The highest BCUT2D eigenvalue weighted by Crippen LogP contribution is 2.42. The fourth-order valence-electron chi connectivity index (χ4n) is 3.81. The molecule has 1 atom stereocenters. The fourth-order valence-corrected chi connectivity index (χ4v) is 4.43. The van der Waals surface area contributed by atoms with Crippen molar-refractivity contribution in [2.45, 2.75) is 44.4 Å². The van der Waals surface area contributed by atoms with Crippen molar-refractivity contribution in [1.29, 1.82) is 0 Å². The molecule has 2 aromatic carbocycles. The molecule has 1 unspecified atom stereocenters. The van der Waals surface area contributed by atoms with Gasteiger partial charge in [-0.2, -0.15) is 8.78 Å². The second kappa shape index (κ2) is 10.2. The molecular weight excluding hydrogens is 491 g/mol.